The molecule has 0 atom stereocenters. The Morgan fingerprint density at radius 1 is 0.422 bits per heavy atom. The first-order valence-electron chi connectivity index (χ1n) is 27.1. The second-order valence-corrected chi connectivity index (χ2v) is 20.1. The molecule has 0 radical (unpaired) electrons. The lowest BCUT2D eigenvalue weighted by Gasteiger charge is -2.19. The van der Waals surface area contributed by atoms with Gasteiger partial charge in [0, 0.05) is 63.5 Å². The van der Waals surface area contributed by atoms with Crippen molar-refractivity contribution < 1.29 is 76.6 Å². The lowest BCUT2D eigenvalue weighted by atomic mass is 9.98. The van der Waals surface area contributed by atoms with Crippen molar-refractivity contribution in [1.29, 1.82) is 0 Å². The van der Waals surface area contributed by atoms with Crippen LogP contribution in [0, 0.1) is 0 Å². The molecule has 7 amide bonds. The number of rotatable bonds is 31. The molecular weight excluding hydrogens is 1080 g/mol. The number of Topliss-reactive ketones (excluding diaryl/α,β-unsaturated/α-hetero) is 4. The van der Waals surface area contributed by atoms with Crippen molar-refractivity contribution in [3.63, 3.8) is 0 Å². The summed E-state index contributed by atoms with van der Waals surface area (Å²) >= 11 is 0. The fraction of sp³-hybridized carbons (Fsp3) is 0.407. The summed E-state index contributed by atoms with van der Waals surface area (Å²) in [6.07, 6.45) is -1.58. The third-order valence-electron chi connectivity index (χ3n) is 12.6. The largest absolute Gasteiger partial charge is 0.447 e. The maximum Gasteiger partial charge on any atom is 0.431 e. The highest BCUT2D eigenvalue weighted by Gasteiger charge is 2.31. The molecule has 0 aromatic heterocycles. The molecule has 24 nitrogen and oxygen atoms in total. The molecule has 2 aliphatic rings. The molecule has 83 heavy (non-hydrogen) atoms. The highest BCUT2D eigenvalue weighted by Crippen LogP contribution is 2.45. The molecule has 0 unspecified atom stereocenters. The van der Waals surface area contributed by atoms with E-state index in [1.165, 1.54) is 0 Å². The summed E-state index contributed by atoms with van der Waals surface area (Å²) in [7, 11) is 0. The van der Waals surface area contributed by atoms with Gasteiger partial charge in [0.1, 0.15) is 24.6 Å². The van der Waals surface area contributed by atoms with Crippen LogP contribution in [0.4, 0.5) is 14.4 Å². The first kappa shape index (κ1) is 64.9. The summed E-state index contributed by atoms with van der Waals surface area (Å²) in [6.45, 7) is 4.14. The Labute approximate surface area is 480 Å². The Balaban J connectivity index is 0.000000308. The minimum atomic E-state index is -0.820. The third-order valence-corrected chi connectivity index (χ3v) is 12.6. The quantitative estimate of drug-likeness (QED) is 0.0198. The average Bonchev–Trinajstić information content (AvgIpc) is 3.31. The van der Waals surface area contributed by atoms with E-state index >= 15 is 0 Å². The lowest BCUT2D eigenvalue weighted by molar-refractivity contribution is -0.128. The SMILES string of the molecule is CC(C)(C)OC(=O)NCC(=O)CCC(=O)NCC(=O)CCCNC(=O)CONC(=O)OCC1c2ccccc2-c2ccccc21.NCC(=O)CCC(=O)NCC(=O)CCCNC(=O)CONC(=O)OCC1c2ccccc2-c2ccccc21. The number of fused-ring (bicyclic) bond motifs is 6. The molecule has 6 rings (SSSR count). The van der Waals surface area contributed by atoms with E-state index in [0.717, 1.165) is 44.5 Å². The van der Waals surface area contributed by atoms with Crippen LogP contribution in [0.2, 0.25) is 0 Å². The predicted octanol–water partition coefficient (Wildman–Crippen LogP) is 4.26. The van der Waals surface area contributed by atoms with Crippen LogP contribution >= 0.6 is 0 Å². The van der Waals surface area contributed by atoms with Crippen molar-refractivity contribution in [3.8, 4) is 22.3 Å². The number of nitrogens with two attached hydrogens (primary N) is 1. The minimum Gasteiger partial charge on any atom is -0.447 e. The molecule has 4 aromatic rings. The van der Waals surface area contributed by atoms with Gasteiger partial charge in [-0.05, 0) is 78.1 Å². The summed E-state index contributed by atoms with van der Waals surface area (Å²) in [6, 6.07) is 31.9. The van der Waals surface area contributed by atoms with Gasteiger partial charge < -0.3 is 46.5 Å². The number of hydrogen-bond donors (Lipinski definition) is 8. The fourth-order valence-corrected chi connectivity index (χ4v) is 8.63. The van der Waals surface area contributed by atoms with Gasteiger partial charge in [-0.3, -0.25) is 48.0 Å². The zero-order valence-corrected chi connectivity index (χ0v) is 46.7. The number of carbonyl (C=O) groups excluding carboxylic acids is 11. The molecule has 24 heteroatoms. The van der Waals surface area contributed by atoms with Gasteiger partial charge in [-0.1, -0.05) is 97.1 Å². The van der Waals surface area contributed by atoms with Crippen molar-refractivity contribution in [1.82, 2.24) is 37.5 Å². The summed E-state index contributed by atoms with van der Waals surface area (Å²) in [4.78, 5) is 140. The van der Waals surface area contributed by atoms with Crippen molar-refractivity contribution in [2.75, 3.05) is 65.7 Å². The van der Waals surface area contributed by atoms with E-state index in [9.17, 15) is 52.7 Å². The maximum atomic E-state index is 12.1. The van der Waals surface area contributed by atoms with E-state index in [0.29, 0.717) is 12.8 Å². The molecular formula is C59H72N8O16. The highest BCUT2D eigenvalue weighted by molar-refractivity contribution is 5.91. The highest BCUT2D eigenvalue weighted by atomic mass is 16.7. The van der Waals surface area contributed by atoms with Crippen molar-refractivity contribution in [2.45, 2.75) is 89.6 Å². The van der Waals surface area contributed by atoms with E-state index in [1.807, 2.05) is 97.1 Å². The van der Waals surface area contributed by atoms with Gasteiger partial charge in [0.2, 0.25) is 23.6 Å². The van der Waals surface area contributed by atoms with Crippen LogP contribution in [-0.4, -0.2) is 136 Å². The second kappa shape index (κ2) is 33.8. The molecule has 2 aliphatic carbocycles. The molecule has 0 saturated heterocycles. The lowest BCUT2D eigenvalue weighted by Crippen LogP contribution is -2.36. The summed E-state index contributed by atoms with van der Waals surface area (Å²) in [5.74, 6) is -3.06. The first-order chi connectivity index (χ1) is 39.8. The smallest absolute Gasteiger partial charge is 0.431 e. The van der Waals surface area contributed by atoms with Gasteiger partial charge in [0.15, 0.2) is 30.6 Å². The Kier molecular flexibility index (Phi) is 26.4. The Hall–Kier alpha value is -8.87. The molecule has 0 saturated carbocycles. The van der Waals surface area contributed by atoms with Gasteiger partial charge in [-0.15, -0.1) is 0 Å². The molecule has 0 heterocycles. The van der Waals surface area contributed by atoms with E-state index in [1.54, 1.807) is 20.8 Å². The van der Waals surface area contributed by atoms with Crippen LogP contribution in [0.3, 0.4) is 0 Å². The summed E-state index contributed by atoms with van der Waals surface area (Å²) in [5.41, 5.74) is 17.5. The number of alkyl carbamates (subject to hydrolysis) is 1. The number of nitrogens with one attached hydrogen (secondary N) is 7. The monoisotopic (exact) mass is 1150 g/mol. The number of ether oxygens (including phenoxy) is 3. The van der Waals surface area contributed by atoms with Crippen LogP contribution in [0.1, 0.15) is 106 Å². The standard InChI is InChI=1S/C32H40N4O9.C27H32N4O7/c1-32(2,3)45-30(41)35-18-22(38)14-15-28(39)34-17-21(37)9-8-16-33-29(40)20-44-36-31(42)43-19-27-25-12-6-4-10-23(25)24-11-5-7-13-26(24)27;28-14-18(32)11-12-25(34)30-15-19(33)6-5-13-29-26(35)17-38-31-27(36)37-16-24-22-9-3-1-7-20(22)21-8-2-4-10-23(21)24/h4-7,10-13,27H,8-9,14-20H2,1-3H3,(H,33,40)(H,34,39)(H,35,41)(H,36,42);1-4,7-10,24H,5-6,11-17,28H2,(H,29,35)(H,30,34)(H,31,36). The fourth-order valence-electron chi connectivity index (χ4n) is 8.63. The van der Waals surface area contributed by atoms with Crippen molar-refractivity contribution >= 4 is 65.0 Å². The van der Waals surface area contributed by atoms with Crippen LogP contribution in [0.15, 0.2) is 97.1 Å². The minimum absolute atomic E-state index is 0.0105. The van der Waals surface area contributed by atoms with E-state index < -0.39 is 60.7 Å². The van der Waals surface area contributed by atoms with Crippen LogP contribution in [0.5, 0.6) is 0 Å². The number of carbonyl (C=O) groups is 11. The predicted molar refractivity (Wildman–Crippen MR) is 301 cm³/mol. The van der Waals surface area contributed by atoms with Crippen LogP contribution in [0.25, 0.3) is 22.3 Å². The summed E-state index contributed by atoms with van der Waals surface area (Å²) in [5, 5.41) is 12.4. The molecule has 0 fully saturated rings. The van der Waals surface area contributed by atoms with Crippen LogP contribution in [-0.2, 0) is 62.2 Å². The Morgan fingerprint density at radius 2 is 0.771 bits per heavy atom. The van der Waals surface area contributed by atoms with Gasteiger partial charge in [0.05, 0.1) is 26.2 Å². The van der Waals surface area contributed by atoms with Crippen LogP contribution < -0.4 is 43.3 Å². The van der Waals surface area contributed by atoms with Gasteiger partial charge in [-0.2, -0.15) is 11.0 Å². The topological polar surface area (TPSA) is 344 Å². The van der Waals surface area contributed by atoms with Crippen molar-refractivity contribution in [2.24, 2.45) is 5.73 Å². The maximum absolute atomic E-state index is 12.1. The molecule has 444 valence electrons. The van der Waals surface area contributed by atoms with Gasteiger partial charge >= 0.3 is 18.3 Å². The van der Waals surface area contributed by atoms with Crippen molar-refractivity contribution in [3.05, 3.63) is 119 Å². The molecule has 0 bridgehead atoms. The molecule has 9 N–H and O–H groups in total. The summed E-state index contributed by atoms with van der Waals surface area (Å²) < 4.78 is 15.7. The number of hydroxylamine groups is 2. The van der Waals surface area contributed by atoms with Gasteiger partial charge in [0.25, 0.3) is 0 Å². The second-order valence-electron chi connectivity index (χ2n) is 20.1. The zero-order chi connectivity index (χ0) is 60.2. The number of ketones is 4. The Morgan fingerprint density at radius 3 is 1.14 bits per heavy atom. The van der Waals surface area contributed by atoms with E-state index in [4.69, 9.17) is 29.6 Å². The average molecular weight is 1150 g/mol. The number of hydrogen-bond acceptors (Lipinski definition) is 17. The number of benzene rings is 4. The molecule has 0 spiro atoms. The first-order valence-corrected chi connectivity index (χ1v) is 27.1. The van der Waals surface area contributed by atoms with E-state index in [-0.39, 0.29) is 126 Å². The third kappa shape index (κ3) is 22.9. The Bertz CT molecular complexity index is 2850. The molecule has 0 aliphatic heterocycles. The number of amides is 7. The molecule has 4 aromatic carbocycles. The zero-order valence-electron chi connectivity index (χ0n) is 46.7. The normalized spacial score (nSPS) is 11.8. The van der Waals surface area contributed by atoms with E-state index in [2.05, 4.69) is 37.5 Å². The van der Waals surface area contributed by atoms with Gasteiger partial charge in [-0.25, -0.2) is 14.4 Å².